The number of hydrogen-bond acceptors (Lipinski definition) is 9. The van der Waals surface area contributed by atoms with Crippen molar-refractivity contribution in [2.75, 3.05) is 28.4 Å². The van der Waals surface area contributed by atoms with Crippen LogP contribution in [0.4, 0.5) is 0 Å². The molecule has 0 heterocycles. The molecule has 28 heavy (non-hydrogen) atoms. The molecule has 10 heteroatoms. The van der Waals surface area contributed by atoms with Crippen LogP contribution in [0.25, 0.3) is 0 Å². The highest BCUT2D eigenvalue weighted by Crippen LogP contribution is 2.40. The number of phenolic OH excluding ortho intramolecular Hbond substituents is 2. The van der Waals surface area contributed by atoms with Crippen LogP contribution in [-0.2, 0) is 26.8 Å². The van der Waals surface area contributed by atoms with Crippen LogP contribution in [0.1, 0.15) is 11.1 Å². The molecule has 0 amide bonds. The Bertz CT molecular complexity index is 720. The van der Waals surface area contributed by atoms with Crippen molar-refractivity contribution in [1.29, 1.82) is 0 Å². The molecule has 2 aromatic carbocycles. The van der Waals surface area contributed by atoms with Crippen LogP contribution in [0, 0.1) is 0 Å². The molecular weight excluding hydrogens is 391 g/mol. The largest absolute Gasteiger partial charge is 0.502 e. The van der Waals surface area contributed by atoms with Crippen molar-refractivity contribution in [2.45, 2.75) is 13.2 Å². The predicted octanol–water partition coefficient (Wildman–Crippen LogP) is 3.26. The standard InChI is InChI=1S/C18H23O9P/c1-22-13-5-11(6-14(23-2)17(13)19)9-26-28(21)27-10-12-7-15(24-3)18(20)16(8-12)25-4/h5-8,19-20,28H,9-10H2,1-4H3. The third-order valence-electron chi connectivity index (χ3n) is 3.79. The Morgan fingerprint density at radius 3 is 1.21 bits per heavy atom. The van der Waals surface area contributed by atoms with Gasteiger partial charge in [0.1, 0.15) is 0 Å². The van der Waals surface area contributed by atoms with E-state index < -0.39 is 8.25 Å². The Morgan fingerprint density at radius 2 is 0.964 bits per heavy atom. The molecule has 0 saturated heterocycles. The molecule has 0 aliphatic rings. The second-order valence-corrected chi connectivity index (χ2v) is 6.60. The summed E-state index contributed by atoms with van der Waals surface area (Å²) in [5.74, 6) is 0.577. The van der Waals surface area contributed by atoms with E-state index in [1.807, 2.05) is 0 Å². The minimum atomic E-state index is -2.82. The molecular formula is C18H23O9P. The van der Waals surface area contributed by atoms with E-state index in [1.54, 1.807) is 24.3 Å². The van der Waals surface area contributed by atoms with E-state index in [1.165, 1.54) is 28.4 Å². The average molecular weight is 414 g/mol. The van der Waals surface area contributed by atoms with Crippen molar-refractivity contribution in [2.24, 2.45) is 0 Å². The predicted molar refractivity (Wildman–Crippen MR) is 101 cm³/mol. The highest BCUT2D eigenvalue weighted by Gasteiger charge is 2.14. The van der Waals surface area contributed by atoms with Gasteiger partial charge in [-0.05, 0) is 35.4 Å². The van der Waals surface area contributed by atoms with Crippen molar-refractivity contribution >= 4 is 8.25 Å². The zero-order valence-electron chi connectivity index (χ0n) is 16.0. The maximum atomic E-state index is 12.1. The Balaban J connectivity index is 1.99. The number of aromatic hydroxyl groups is 2. The molecule has 2 aromatic rings. The summed E-state index contributed by atoms with van der Waals surface area (Å²) in [5.41, 5.74) is 1.17. The number of ether oxygens (including phenoxy) is 4. The first-order valence-corrected chi connectivity index (χ1v) is 9.33. The highest BCUT2D eigenvalue weighted by molar-refractivity contribution is 7.33. The second-order valence-electron chi connectivity index (χ2n) is 5.53. The van der Waals surface area contributed by atoms with Crippen LogP contribution in [0.15, 0.2) is 24.3 Å². The van der Waals surface area contributed by atoms with Gasteiger partial charge in [-0.25, -0.2) is 0 Å². The normalized spacial score (nSPS) is 10.8. The molecule has 154 valence electrons. The zero-order valence-corrected chi connectivity index (χ0v) is 17.0. The third kappa shape index (κ3) is 5.22. The molecule has 0 fully saturated rings. The molecule has 2 rings (SSSR count). The minimum Gasteiger partial charge on any atom is -0.502 e. The molecule has 9 nitrogen and oxygen atoms in total. The van der Waals surface area contributed by atoms with Gasteiger partial charge in [-0.15, -0.1) is 0 Å². The summed E-state index contributed by atoms with van der Waals surface area (Å²) in [6.07, 6.45) is 0. The molecule has 0 bridgehead atoms. The molecule has 0 atom stereocenters. The van der Waals surface area contributed by atoms with E-state index in [0.717, 1.165) is 0 Å². The van der Waals surface area contributed by atoms with Crippen LogP contribution in [-0.4, -0.2) is 38.7 Å². The van der Waals surface area contributed by atoms with Gasteiger partial charge in [0.2, 0.25) is 11.5 Å². The summed E-state index contributed by atoms with van der Waals surface area (Å²) in [6.45, 7) is -0.0694. The molecule has 0 radical (unpaired) electrons. The third-order valence-corrected chi connectivity index (χ3v) is 4.55. The van der Waals surface area contributed by atoms with Crippen molar-refractivity contribution < 1.29 is 42.8 Å². The van der Waals surface area contributed by atoms with E-state index in [2.05, 4.69) is 0 Å². The number of hydrogen-bond donors (Lipinski definition) is 2. The fourth-order valence-corrected chi connectivity index (χ4v) is 3.04. The first kappa shape index (κ1) is 21.7. The van der Waals surface area contributed by atoms with Gasteiger partial charge in [-0.1, -0.05) is 0 Å². The Morgan fingerprint density at radius 1 is 0.679 bits per heavy atom. The van der Waals surface area contributed by atoms with Gasteiger partial charge in [0.25, 0.3) is 0 Å². The fraction of sp³-hybridized carbons (Fsp3) is 0.333. The van der Waals surface area contributed by atoms with Crippen molar-refractivity contribution in [1.82, 2.24) is 0 Å². The molecule has 0 saturated carbocycles. The smallest absolute Gasteiger partial charge is 0.319 e. The van der Waals surface area contributed by atoms with E-state index >= 15 is 0 Å². The van der Waals surface area contributed by atoms with Gasteiger partial charge in [-0.3, -0.25) is 4.57 Å². The van der Waals surface area contributed by atoms with Crippen molar-refractivity contribution in [3.63, 3.8) is 0 Å². The summed E-state index contributed by atoms with van der Waals surface area (Å²) < 4.78 is 42.8. The molecule has 0 aromatic heterocycles. The first-order valence-electron chi connectivity index (χ1n) is 8.10. The van der Waals surface area contributed by atoms with E-state index in [-0.39, 0.29) is 47.7 Å². The highest BCUT2D eigenvalue weighted by atomic mass is 31.1. The number of phenols is 2. The quantitative estimate of drug-likeness (QED) is 0.566. The lowest BCUT2D eigenvalue weighted by molar-refractivity contribution is 0.211. The lowest BCUT2D eigenvalue weighted by Crippen LogP contribution is -1.95. The van der Waals surface area contributed by atoms with Gasteiger partial charge in [0, 0.05) is 0 Å². The zero-order chi connectivity index (χ0) is 20.7. The topological polar surface area (TPSA) is 113 Å². The summed E-state index contributed by atoms with van der Waals surface area (Å²) in [6, 6.07) is 6.18. The lowest BCUT2D eigenvalue weighted by atomic mass is 10.2. The number of rotatable bonds is 10. The SMILES string of the molecule is COc1cc(CO[PH](=O)OCc2cc(OC)c(O)c(OC)c2)cc(OC)c1O. The monoisotopic (exact) mass is 414 g/mol. The molecule has 0 aliphatic heterocycles. The maximum Gasteiger partial charge on any atom is 0.319 e. The van der Waals surface area contributed by atoms with Crippen LogP contribution < -0.4 is 18.9 Å². The summed E-state index contributed by atoms with van der Waals surface area (Å²) in [7, 11) is 2.81. The van der Waals surface area contributed by atoms with Crippen LogP contribution >= 0.6 is 8.25 Å². The summed E-state index contributed by atoms with van der Waals surface area (Å²) in [4.78, 5) is 0. The van der Waals surface area contributed by atoms with Gasteiger partial charge in [0.15, 0.2) is 23.0 Å². The maximum absolute atomic E-state index is 12.1. The Hall–Kier alpha value is -2.61. The van der Waals surface area contributed by atoms with E-state index in [4.69, 9.17) is 28.0 Å². The van der Waals surface area contributed by atoms with Crippen molar-refractivity contribution in [3.05, 3.63) is 35.4 Å². The number of methoxy groups -OCH3 is 4. The molecule has 0 spiro atoms. The van der Waals surface area contributed by atoms with Gasteiger partial charge in [0.05, 0.1) is 41.7 Å². The second kappa shape index (κ2) is 10.1. The van der Waals surface area contributed by atoms with E-state index in [0.29, 0.717) is 11.1 Å². The van der Waals surface area contributed by atoms with Gasteiger partial charge >= 0.3 is 8.25 Å². The van der Waals surface area contributed by atoms with Gasteiger partial charge < -0.3 is 38.2 Å². The first-order chi connectivity index (χ1) is 13.4. The molecule has 0 aliphatic carbocycles. The Labute approximate surface area is 163 Å². The average Bonchev–Trinajstić information content (AvgIpc) is 2.71. The van der Waals surface area contributed by atoms with Crippen LogP contribution in [0.5, 0.6) is 34.5 Å². The molecule has 0 unspecified atom stereocenters. The van der Waals surface area contributed by atoms with E-state index in [9.17, 15) is 14.8 Å². The lowest BCUT2D eigenvalue weighted by Gasteiger charge is -2.12. The van der Waals surface area contributed by atoms with Gasteiger partial charge in [-0.2, -0.15) is 0 Å². The summed E-state index contributed by atoms with van der Waals surface area (Å²) >= 11 is 0. The Kier molecular flexibility index (Phi) is 7.80. The minimum absolute atomic E-state index is 0.0347. The van der Waals surface area contributed by atoms with Crippen LogP contribution in [0.2, 0.25) is 0 Å². The number of benzene rings is 2. The fourth-order valence-electron chi connectivity index (χ4n) is 2.39. The van der Waals surface area contributed by atoms with Crippen LogP contribution in [0.3, 0.4) is 0 Å². The van der Waals surface area contributed by atoms with Crippen molar-refractivity contribution in [3.8, 4) is 34.5 Å². The summed E-state index contributed by atoms with van der Waals surface area (Å²) in [5, 5.41) is 19.8. The molecule has 2 N–H and O–H groups in total.